The Hall–Kier alpha value is -2.73. The molecule has 0 spiro atoms. The quantitative estimate of drug-likeness (QED) is 0.523. The number of pyridine rings is 1. The van der Waals surface area contributed by atoms with Crippen molar-refractivity contribution in [1.29, 1.82) is 0 Å². The fourth-order valence-electron chi connectivity index (χ4n) is 2.08. The lowest BCUT2D eigenvalue weighted by Crippen LogP contribution is -2.00. The van der Waals surface area contributed by atoms with Gasteiger partial charge in [0.25, 0.3) is 0 Å². The molecule has 1 aromatic carbocycles. The Bertz CT molecular complexity index is 806. The molecule has 0 fully saturated rings. The zero-order valence-electron chi connectivity index (χ0n) is 13.0. The van der Waals surface area contributed by atoms with E-state index in [0.717, 1.165) is 27.6 Å². The van der Waals surface area contributed by atoms with Gasteiger partial charge in [0.1, 0.15) is 5.03 Å². The van der Waals surface area contributed by atoms with Gasteiger partial charge < -0.3 is 4.74 Å². The summed E-state index contributed by atoms with van der Waals surface area (Å²) in [5.74, 6) is 0.425. The van der Waals surface area contributed by atoms with Crippen LogP contribution < -0.4 is 0 Å². The molecule has 0 amide bonds. The number of nitrogens with zero attached hydrogens (tertiary/aromatic N) is 3. The van der Waals surface area contributed by atoms with E-state index in [2.05, 4.69) is 19.9 Å². The van der Waals surface area contributed by atoms with Crippen LogP contribution in [-0.4, -0.2) is 28.3 Å². The predicted octanol–water partition coefficient (Wildman–Crippen LogP) is 3.62. The summed E-state index contributed by atoms with van der Waals surface area (Å²) >= 11 is 1.59. The Morgan fingerprint density at radius 1 is 1.08 bits per heavy atom. The minimum atomic E-state index is -0.328. The van der Waals surface area contributed by atoms with E-state index in [9.17, 15) is 4.79 Å². The third-order valence-electron chi connectivity index (χ3n) is 3.36. The van der Waals surface area contributed by atoms with Gasteiger partial charge in [0.2, 0.25) is 0 Å². The first-order valence-electron chi connectivity index (χ1n) is 7.30. The van der Waals surface area contributed by atoms with Crippen molar-refractivity contribution in [3.05, 3.63) is 72.1 Å². The monoisotopic (exact) mass is 337 g/mol. The summed E-state index contributed by atoms with van der Waals surface area (Å²) in [6.45, 7) is 0. The topological polar surface area (TPSA) is 65.0 Å². The molecule has 0 aliphatic rings. The molecule has 0 aliphatic heterocycles. The number of hydrogen-bond donors (Lipinski definition) is 0. The van der Waals surface area contributed by atoms with Gasteiger partial charge in [0, 0.05) is 23.7 Å². The molecule has 0 aliphatic carbocycles. The summed E-state index contributed by atoms with van der Waals surface area (Å²) < 4.78 is 4.69. The Kier molecular flexibility index (Phi) is 5.18. The first-order valence-corrected chi connectivity index (χ1v) is 8.29. The number of thioether (sulfide) groups is 1. The standard InChI is InChI=1S/C18H15N3O2S/c1-23-18(22)14-6-4-13(5-7-14)12-24-17-9-8-16(20-21-17)15-3-2-10-19-11-15/h2-11H,12H2,1H3. The van der Waals surface area contributed by atoms with Crippen LogP contribution in [0.15, 0.2) is 66.0 Å². The first kappa shape index (κ1) is 16.1. The number of methoxy groups -OCH3 is 1. The Morgan fingerprint density at radius 3 is 2.54 bits per heavy atom. The van der Waals surface area contributed by atoms with Crippen molar-refractivity contribution in [3.63, 3.8) is 0 Å². The number of carbonyl (C=O) groups is 1. The summed E-state index contributed by atoms with van der Waals surface area (Å²) in [5.41, 5.74) is 3.40. The van der Waals surface area contributed by atoms with Crippen molar-refractivity contribution in [1.82, 2.24) is 15.2 Å². The molecule has 0 unspecified atom stereocenters. The maximum Gasteiger partial charge on any atom is 0.337 e. The average molecular weight is 337 g/mol. The van der Waals surface area contributed by atoms with Crippen LogP contribution in [0.1, 0.15) is 15.9 Å². The number of rotatable bonds is 5. The van der Waals surface area contributed by atoms with Gasteiger partial charge >= 0.3 is 5.97 Å². The summed E-state index contributed by atoms with van der Waals surface area (Å²) in [5, 5.41) is 9.32. The number of benzene rings is 1. The molecule has 2 heterocycles. The van der Waals surface area contributed by atoms with Crippen LogP contribution in [0.4, 0.5) is 0 Å². The molecule has 0 radical (unpaired) electrons. The second-order valence-electron chi connectivity index (χ2n) is 4.98. The Morgan fingerprint density at radius 2 is 1.92 bits per heavy atom. The van der Waals surface area contributed by atoms with E-state index in [1.54, 1.807) is 36.3 Å². The lowest BCUT2D eigenvalue weighted by Gasteiger charge is -2.04. The van der Waals surface area contributed by atoms with Gasteiger partial charge in [-0.25, -0.2) is 4.79 Å². The second kappa shape index (κ2) is 7.70. The largest absolute Gasteiger partial charge is 0.465 e. The summed E-state index contributed by atoms with van der Waals surface area (Å²) in [7, 11) is 1.37. The zero-order chi connectivity index (χ0) is 16.8. The normalized spacial score (nSPS) is 10.4. The van der Waals surface area contributed by atoms with Crippen LogP contribution in [0, 0.1) is 0 Å². The third kappa shape index (κ3) is 3.97. The summed E-state index contributed by atoms with van der Waals surface area (Å²) in [4.78, 5) is 15.5. The van der Waals surface area contributed by atoms with E-state index >= 15 is 0 Å². The highest BCUT2D eigenvalue weighted by atomic mass is 32.2. The molecular formula is C18H15N3O2S. The molecule has 120 valence electrons. The third-order valence-corrected chi connectivity index (χ3v) is 4.35. The Labute approximate surface area is 144 Å². The van der Waals surface area contributed by atoms with E-state index in [0.29, 0.717) is 5.56 Å². The molecule has 0 N–H and O–H groups in total. The van der Waals surface area contributed by atoms with Crippen LogP contribution in [0.2, 0.25) is 0 Å². The second-order valence-corrected chi connectivity index (χ2v) is 5.97. The number of aromatic nitrogens is 3. The summed E-state index contributed by atoms with van der Waals surface area (Å²) in [6.07, 6.45) is 3.49. The SMILES string of the molecule is COC(=O)c1ccc(CSc2ccc(-c3cccnc3)nn2)cc1. The van der Waals surface area contributed by atoms with Gasteiger partial charge in [0.15, 0.2) is 0 Å². The number of hydrogen-bond acceptors (Lipinski definition) is 6. The fourth-order valence-corrected chi connectivity index (χ4v) is 2.85. The van der Waals surface area contributed by atoms with Crippen molar-refractivity contribution >= 4 is 17.7 Å². The van der Waals surface area contributed by atoms with E-state index in [1.807, 2.05) is 36.4 Å². The minimum Gasteiger partial charge on any atom is -0.465 e. The highest BCUT2D eigenvalue weighted by Crippen LogP contribution is 2.22. The van der Waals surface area contributed by atoms with Crippen molar-refractivity contribution in [2.24, 2.45) is 0 Å². The zero-order valence-corrected chi connectivity index (χ0v) is 13.9. The van der Waals surface area contributed by atoms with Gasteiger partial charge in [-0.15, -0.1) is 10.2 Å². The van der Waals surface area contributed by atoms with Crippen LogP contribution in [0.25, 0.3) is 11.3 Å². The van der Waals surface area contributed by atoms with E-state index in [1.165, 1.54) is 7.11 Å². The van der Waals surface area contributed by atoms with E-state index < -0.39 is 0 Å². The van der Waals surface area contributed by atoms with Crippen LogP contribution in [0.3, 0.4) is 0 Å². The smallest absolute Gasteiger partial charge is 0.337 e. The van der Waals surface area contributed by atoms with Gasteiger partial charge in [-0.05, 0) is 42.0 Å². The van der Waals surface area contributed by atoms with Gasteiger partial charge in [-0.1, -0.05) is 23.9 Å². The molecule has 5 nitrogen and oxygen atoms in total. The van der Waals surface area contributed by atoms with Gasteiger partial charge in [-0.2, -0.15) is 0 Å². The molecule has 2 aromatic heterocycles. The maximum atomic E-state index is 11.4. The number of esters is 1. The van der Waals surface area contributed by atoms with Crippen LogP contribution in [0.5, 0.6) is 0 Å². The van der Waals surface area contributed by atoms with E-state index in [-0.39, 0.29) is 5.97 Å². The summed E-state index contributed by atoms with van der Waals surface area (Å²) in [6, 6.07) is 15.1. The maximum absolute atomic E-state index is 11.4. The van der Waals surface area contributed by atoms with Gasteiger partial charge in [0.05, 0.1) is 18.4 Å². The molecule has 3 aromatic rings. The fraction of sp³-hybridized carbons (Fsp3) is 0.111. The molecule has 0 saturated carbocycles. The van der Waals surface area contributed by atoms with Crippen LogP contribution in [-0.2, 0) is 10.5 Å². The number of ether oxygens (including phenoxy) is 1. The molecule has 6 heteroatoms. The number of carbonyl (C=O) groups excluding carboxylic acids is 1. The van der Waals surface area contributed by atoms with Gasteiger partial charge in [-0.3, -0.25) is 4.98 Å². The van der Waals surface area contributed by atoms with Crippen molar-refractivity contribution in [2.45, 2.75) is 10.8 Å². The van der Waals surface area contributed by atoms with Crippen molar-refractivity contribution in [3.8, 4) is 11.3 Å². The highest BCUT2D eigenvalue weighted by molar-refractivity contribution is 7.98. The minimum absolute atomic E-state index is 0.328. The average Bonchev–Trinajstić information content (AvgIpc) is 2.67. The first-order chi connectivity index (χ1) is 11.8. The lowest BCUT2D eigenvalue weighted by molar-refractivity contribution is 0.0600. The molecule has 0 bridgehead atoms. The Balaban J connectivity index is 1.61. The molecule has 24 heavy (non-hydrogen) atoms. The molecule has 0 saturated heterocycles. The molecule has 0 atom stereocenters. The van der Waals surface area contributed by atoms with E-state index in [4.69, 9.17) is 0 Å². The lowest BCUT2D eigenvalue weighted by atomic mass is 10.1. The molecule has 3 rings (SSSR count). The highest BCUT2D eigenvalue weighted by Gasteiger charge is 2.05. The molecular weight excluding hydrogens is 322 g/mol. The van der Waals surface area contributed by atoms with Crippen molar-refractivity contribution in [2.75, 3.05) is 7.11 Å². The van der Waals surface area contributed by atoms with Crippen LogP contribution >= 0.6 is 11.8 Å². The van der Waals surface area contributed by atoms with Crippen molar-refractivity contribution < 1.29 is 9.53 Å². The predicted molar refractivity (Wildman–Crippen MR) is 92.6 cm³/mol.